The van der Waals surface area contributed by atoms with Gasteiger partial charge < -0.3 is 20.7 Å². The molecule has 2 fully saturated rings. The van der Waals surface area contributed by atoms with Gasteiger partial charge in [-0.25, -0.2) is 0 Å². The zero-order valence-corrected chi connectivity index (χ0v) is 15.3. The third-order valence-corrected chi connectivity index (χ3v) is 5.07. The molecule has 3 heterocycles. The smallest absolute Gasteiger partial charge is 0.249 e. The average molecular weight is 372 g/mol. The lowest BCUT2D eigenvalue weighted by atomic mass is 9.79. The summed E-state index contributed by atoms with van der Waals surface area (Å²) in [6, 6.07) is -0.502. The van der Waals surface area contributed by atoms with Crippen LogP contribution in [-0.4, -0.2) is 53.9 Å². The van der Waals surface area contributed by atoms with E-state index in [2.05, 4.69) is 10.4 Å². The molecule has 1 aromatic rings. The van der Waals surface area contributed by atoms with Crippen LogP contribution in [0.1, 0.15) is 25.7 Å². The summed E-state index contributed by atoms with van der Waals surface area (Å²) in [4.78, 5) is 27.2. The van der Waals surface area contributed by atoms with Crippen LogP contribution in [0.15, 0.2) is 12.4 Å². The molecule has 8 nitrogen and oxygen atoms in total. The molecule has 9 heteroatoms. The van der Waals surface area contributed by atoms with E-state index in [1.54, 1.807) is 15.8 Å². The highest BCUT2D eigenvalue weighted by Crippen LogP contribution is 2.30. The van der Waals surface area contributed by atoms with Crippen molar-refractivity contribution in [1.29, 1.82) is 0 Å². The number of amides is 2. The second-order valence-corrected chi connectivity index (χ2v) is 6.63. The number of carbonyl (C=O) groups excluding carboxylic acids is 2. The zero-order chi connectivity index (χ0) is 17.2. The SMILES string of the molecule is Cl.Cn1cc(N2CCCC(NC(=O)C3(CN)CCOCC3)C2=O)cn1. The summed E-state index contributed by atoms with van der Waals surface area (Å²) in [6.07, 6.45) is 6.16. The Morgan fingerprint density at radius 2 is 2.20 bits per heavy atom. The van der Waals surface area contributed by atoms with Gasteiger partial charge in [0.25, 0.3) is 0 Å². The lowest BCUT2D eigenvalue weighted by Crippen LogP contribution is -2.57. The van der Waals surface area contributed by atoms with Gasteiger partial charge in [0.1, 0.15) is 6.04 Å². The average Bonchev–Trinajstić information content (AvgIpc) is 3.03. The van der Waals surface area contributed by atoms with Crippen LogP contribution < -0.4 is 16.0 Å². The van der Waals surface area contributed by atoms with Crippen LogP contribution in [0.3, 0.4) is 0 Å². The molecule has 3 rings (SSSR count). The number of nitrogens with two attached hydrogens (primary N) is 1. The number of aromatic nitrogens is 2. The first-order valence-corrected chi connectivity index (χ1v) is 8.44. The monoisotopic (exact) mass is 371 g/mol. The normalized spacial score (nSPS) is 23.0. The van der Waals surface area contributed by atoms with Crippen LogP contribution in [0, 0.1) is 5.41 Å². The molecule has 0 aromatic carbocycles. The van der Waals surface area contributed by atoms with Gasteiger partial charge in [-0.15, -0.1) is 12.4 Å². The highest BCUT2D eigenvalue weighted by atomic mass is 35.5. The standard InChI is InChI=1S/C16H25N5O3.ClH/c1-20-10-12(9-18-20)21-6-2-3-13(14(21)22)19-15(23)16(11-17)4-7-24-8-5-16;/h9-10,13H,2-8,11,17H2,1H3,(H,19,23);1H. The molecule has 1 aromatic heterocycles. The molecule has 140 valence electrons. The molecule has 1 atom stereocenters. The lowest BCUT2D eigenvalue weighted by molar-refractivity contribution is -0.139. The third kappa shape index (κ3) is 3.96. The van der Waals surface area contributed by atoms with Crippen LogP contribution in [0.5, 0.6) is 0 Å². The molecular formula is C16H26ClN5O3. The van der Waals surface area contributed by atoms with Crippen LogP contribution in [-0.2, 0) is 21.4 Å². The van der Waals surface area contributed by atoms with Gasteiger partial charge in [0.05, 0.1) is 17.3 Å². The van der Waals surface area contributed by atoms with E-state index in [-0.39, 0.29) is 30.8 Å². The zero-order valence-electron chi connectivity index (χ0n) is 14.4. The molecule has 0 radical (unpaired) electrons. The van der Waals surface area contributed by atoms with Gasteiger partial charge >= 0.3 is 0 Å². The molecule has 1 unspecified atom stereocenters. The van der Waals surface area contributed by atoms with Crippen LogP contribution in [0.2, 0.25) is 0 Å². The summed E-state index contributed by atoms with van der Waals surface area (Å²) in [5.74, 6) is -0.207. The maximum atomic E-state index is 12.8. The molecule has 25 heavy (non-hydrogen) atoms. The minimum Gasteiger partial charge on any atom is -0.381 e. The van der Waals surface area contributed by atoms with Crippen LogP contribution in [0.25, 0.3) is 0 Å². The molecule has 0 aliphatic carbocycles. The molecular weight excluding hydrogens is 346 g/mol. The number of ether oxygens (including phenoxy) is 1. The van der Waals surface area contributed by atoms with Gasteiger partial charge in [-0.3, -0.25) is 14.3 Å². The fraction of sp³-hybridized carbons (Fsp3) is 0.688. The Morgan fingerprint density at radius 3 is 2.80 bits per heavy atom. The molecule has 0 bridgehead atoms. The maximum Gasteiger partial charge on any atom is 0.249 e. The Hall–Kier alpha value is -1.64. The van der Waals surface area contributed by atoms with Crippen LogP contribution >= 0.6 is 12.4 Å². The number of hydrogen-bond acceptors (Lipinski definition) is 5. The number of hydrogen-bond donors (Lipinski definition) is 2. The maximum absolute atomic E-state index is 12.8. The summed E-state index contributed by atoms with van der Waals surface area (Å²) in [5.41, 5.74) is 6.03. The topological polar surface area (TPSA) is 102 Å². The van der Waals surface area contributed by atoms with Crippen molar-refractivity contribution in [3.63, 3.8) is 0 Å². The summed E-state index contributed by atoms with van der Waals surface area (Å²) in [6.45, 7) is 1.98. The molecule has 0 saturated carbocycles. The van der Waals surface area contributed by atoms with E-state index in [0.29, 0.717) is 39.0 Å². The van der Waals surface area contributed by atoms with Gasteiger partial charge in [-0.05, 0) is 25.7 Å². The van der Waals surface area contributed by atoms with Crippen molar-refractivity contribution < 1.29 is 14.3 Å². The van der Waals surface area contributed by atoms with E-state index in [1.807, 2.05) is 13.2 Å². The highest BCUT2D eigenvalue weighted by molar-refractivity contribution is 6.00. The number of piperidine rings is 1. The fourth-order valence-electron chi connectivity index (χ4n) is 3.41. The van der Waals surface area contributed by atoms with Gasteiger partial charge in [0, 0.05) is 39.5 Å². The van der Waals surface area contributed by atoms with Crippen LogP contribution in [0.4, 0.5) is 5.69 Å². The predicted molar refractivity (Wildman–Crippen MR) is 95.5 cm³/mol. The van der Waals surface area contributed by atoms with Crippen molar-refractivity contribution in [3.05, 3.63) is 12.4 Å². The summed E-state index contributed by atoms with van der Waals surface area (Å²) >= 11 is 0. The molecule has 2 saturated heterocycles. The fourth-order valence-corrected chi connectivity index (χ4v) is 3.41. The quantitative estimate of drug-likeness (QED) is 0.787. The molecule has 3 N–H and O–H groups in total. The first-order valence-electron chi connectivity index (χ1n) is 8.44. The van der Waals surface area contributed by atoms with E-state index in [9.17, 15) is 9.59 Å². The molecule has 2 aliphatic rings. The minimum atomic E-state index is -0.616. The number of aryl methyl sites for hydroxylation is 1. The van der Waals surface area contributed by atoms with E-state index >= 15 is 0 Å². The van der Waals surface area contributed by atoms with Crippen molar-refractivity contribution in [3.8, 4) is 0 Å². The minimum absolute atomic E-state index is 0. The lowest BCUT2D eigenvalue weighted by Gasteiger charge is -2.37. The Kier molecular flexibility index (Phi) is 6.42. The Bertz CT molecular complexity index is 615. The molecule has 0 spiro atoms. The van der Waals surface area contributed by atoms with Crippen molar-refractivity contribution in [1.82, 2.24) is 15.1 Å². The Morgan fingerprint density at radius 1 is 1.48 bits per heavy atom. The number of rotatable bonds is 4. The second kappa shape index (κ2) is 8.16. The summed E-state index contributed by atoms with van der Waals surface area (Å²) < 4.78 is 7.01. The third-order valence-electron chi connectivity index (χ3n) is 5.07. The van der Waals surface area contributed by atoms with Crippen molar-refractivity contribution in [2.75, 3.05) is 31.2 Å². The molecule has 2 aliphatic heterocycles. The van der Waals surface area contributed by atoms with Gasteiger partial charge in [0.15, 0.2) is 0 Å². The largest absolute Gasteiger partial charge is 0.381 e. The van der Waals surface area contributed by atoms with E-state index in [1.165, 1.54) is 0 Å². The number of carbonyl (C=O) groups is 2. The van der Waals surface area contributed by atoms with Crippen molar-refractivity contribution >= 4 is 29.9 Å². The number of anilines is 1. The highest BCUT2D eigenvalue weighted by Gasteiger charge is 2.41. The number of nitrogens with zero attached hydrogens (tertiary/aromatic N) is 3. The number of nitrogens with one attached hydrogen (secondary N) is 1. The van der Waals surface area contributed by atoms with E-state index in [0.717, 1.165) is 12.1 Å². The predicted octanol–water partition coefficient (Wildman–Crippen LogP) is 0.209. The first-order chi connectivity index (χ1) is 11.6. The van der Waals surface area contributed by atoms with E-state index < -0.39 is 11.5 Å². The Labute approximate surface area is 153 Å². The van der Waals surface area contributed by atoms with Crippen molar-refractivity contribution in [2.45, 2.75) is 31.7 Å². The van der Waals surface area contributed by atoms with Crippen molar-refractivity contribution in [2.24, 2.45) is 18.2 Å². The number of halogens is 1. The summed E-state index contributed by atoms with van der Waals surface area (Å²) in [7, 11) is 1.81. The first kappa shape index (κ1) is 19.7. The Balaban J connectivity index is 0.00000225. The van der Waals surface area contributed by atoms with E-state index in [4.69, 9.17) is 10.5 Å². The second-order valence-electron chi connectivity index (χ2n) is 6.63. The van der Waals surface area contributed by atoms with Gasteiger partial charge in [-0.2, -0.15) is 5.10 Å². The molecule has 2 amide bonds. The van der Waals surface area contributed by atoms with Gasteiger partial charge in [-0.1, -0.05) is 0 Å². The summed E-state index contributed by atoms with van der Waals surface area (Å²) in [5, 5.41) is 7.06. The van der Waals surface area contributed by atoms with Gasteiger partial charge in [0.2, 0.25) is 11.8 Å².